The number of β-amino-alcohol motifs (C(OH)–C–C–N with tert-alkyl or cyclic N) is 1. The van der Waals surface area contributed by atoms with E-state index in [0.717, 1.165) is 31.4 Å². The number of alkyl halides is 3. The summed E-state index contributed by atoms with van der Waals surface area (Å²) in [5, 5.41) is 9.10. The monoisotopic (exact) mass is 357 g/mol. The molecule has 2 fully saturated rings. The second-order valence-corrected chi connectivity index (χ2v) is 6.93. The van der Waals surface area contributed by atoms with Gasteiger partial charge in [0.25, 0.3) is 0 Å². The van der Waals surface area contributed by atoms with Crippen LogP contribution in [0.25, 0.3) is 0 Å². The van der Waals surface area contributed by atoms with Crippen molar-refractivity contribution in [3.8, 4) is 0 Å². The first-order chi connectivity index (χ1) is 11.8. The molecule has 1 aromatic heterocycles. The van der Waals surface area contributed by atoms with Crippen LogP contribution in [0.15, 0.2) is 18.3 Å². The second kappa shape index (κ2) is 6.82. The first-order valence-corrected chi connectivity index (χ1v) is 8.50. The summed E-state index contributed by atoms with van der Waals surface area (Å²) in [6, 6.07) is 2.08. The van der Waals surface area contributed by atoms with Gasteiger partial charge in [-0.05, 0) is 36.8 Å². The number of amides is 1. The summed E-state index contributed by atoms with van der Waals surface area (Å²) in [5.41, 5.74) is -0.684. The number of rotatable bonds is 3. The van der Waals surface area contributed by atoms with E-state index in [1.807, 2.05) is 4.90 Å². The van der Waals surface area contributed by atoms with Crippen molar-refractivity contribution in [1.29, 1.82) is 0 Å². The Morgan fingerprint density at radius 3 is 2.60 bits per heavy atom. The number of nitrogens with zero attached hydrogens (tertiary/aromatic N) is 3. The van der Waals surface area contributed by atoms with Crippen LogP contribution in [0, 0.1) is 5.41 Å². The van der Waals surface area contributed by atoms with Gasteiger partial charge in [-0.1, -0.05) is 0 Å². The Labute approximate surface area is 144 Å². The van der Waals surface area contributed by atoms with E-state index < -0.39 is 11.7 Å². The van der Waals surface area contributed by atoms with Crippen molar-refractivity contribution in [3.63, 3.8) is 0 Å². The number of aliphatic hydroxyl groups excluding tert-OH is 1. The molecule has 0 saturated carbocycles. The molecule has 1 spiro atoms. The highest BCUT2D eigenvalue weighted by Crippen LogP contribution is 2.41. The van der Waals surface area contributed by atoms with Crippen LogP contribution in [0.2, 0.25) is 0 Å². The average Bonchev–Trinajstić information content (AvgIpc) is 2.59. The van der Waals surface area contributed by atoms with Crippen LogP contribution in [0.1, 0.15) is 31.2 Å². The third kappa shape index (κ3) is 3.89. The van der Waals surface area contributed by atoms with Crippen LogP contribution in [0.4, 0.5) is 19.0 Å². The molecular weight excluding hydrogens is 335 g/mol. The summed E-state index contributed by atoms with van der Waals surface area (Å²) in [4.78, 5) is 19.6. The maximum atomic E-state index is 12.9. The minimum Gasteiger partial charge on any atom is -0.395 e. The van der Waals surface area contributed by atoms with Crippen molar-refractivity contribution in [2.75, 3.05) is 37.7 Å². The first kappa shape index (κ1) is 18.0. The van der Waals surface area contributed by atoms with Gasteiger partial charge in [-0.2, -0.15) is 13.2 Å². The third-order valence-corrected chi connectivity index (χ3v) is 5.34. The fourth-order valence-electron chi connectivity index (χ4n) is 3.81. The van der Waals surface area contributed by atoms with E-state index in [0.29, 0.717) is 38.4 Å². The lowest BCUT2D eigenvalue weighted by atomic mass is 9.72. The van der Waals surface area contributed by atoms with E-state index in [-0.39, 0.29) is 17.9 Å². The van der Waals surface area contributed by atoms with Crippen molar-refractivity contribution in [1.82, 2.24) is 9.88 Å². The lowest BCUT2D eigenvalue weighted by Gasteiger charge is -2.47. The number of anilines is 1. The van der Waals surface area contributed by atoms with E-state index in [1.54, 1.807) is 4.90 Å². The normalized spacial score (nSPS) is 21.0. The molecular formula is C17H22F3N3O2. The third-order valence-electron chi connectivity index (χ3n) is 5.34. The zero-order valence-electron chi connectivity index (χ0n) is 13.9. The second-order valence-electron chi connectivity index (χ2n) is 6.93. The largest absolute Gasteiger partial charge is 0.416 e. The van der Waals surface area contributed by atoms with E-state index in [9.17, 15) is 18.0 Å². The fourth-order valence-corrected chi connectivity index (χ4v) is 3.81. The molecule has 3 rings (SSSR count). The molecule has 0 bridgehead atoms. The first-order valence-electron chi connectivity index (χ1n) is 8.50. The van der Waals surface area contributed by atoms with Crippen LogP contribution in [-0.2, 0) is 11.0 Å². The zero-order chi connectivity index (χ0) is 18.1. The van der Waals surface area contributed by atoms with Crippen molar-refractivity contribution >= 4 is 11.7 Å². The molecule has 3 heterocycles. The number of likely N-dealkylation sites (tertiary alicyclic amines) is 1. The highest BCUT2D eigenvalue weighted by Gasteiger charge is 2.41. The summed E-state index contributed by atoms with van der Waals surface area (Å²) >= 11 is 0. The van der Waals surface area contributed by atoms with Gasteiger partial charge >= 0.3 is 6.18 Å². The number of piperidine rings is 2. The van der Waals surface area contributed by atoms with Crippen molar-refractivity contribution < 1.29 is 23.1 Å². The fraction of sp³-hybridized carbons (Fsp3) is 0.647. The van der Waals surface area contributed by atoms with Gasteiger partial charge < -0.3 is 14.9 Å². The van der Waals surface area contributed by atoms with Gasteiger partial charge in [0.2, 0.25) is 5.91 Å². The van der Waals surface area contributed by atoms with Crippen LogP contribution in [-0.4, -0.2) is 53.7 Å². The molecule has 2 aliphatic heterocycles. The lowest BCUT2D eigenvalue weighted by Crippen LogP contribution is -2.52. The number of pyridine rings is 1. The number of aliphatic hydroxyl groups is 1. The summed E-state index contributed by atoms with van der Waals surface area (Å²) in [5.74, 6) is 0.422. The smallest absolute Gasteiger partial charge is 0.395 e. The number of carbonyl (C=O) groups is 1. The molecule has 1 N–H and O–H groups in total. The Balaban J connectivity index is 1.67. The molecule has 2 saturated heterocycles. The van der Waals surface area contributed by atoms with Crippen LogP contribution in [0.5, 0.6) is 0 Å². The number of halogens is 3. The SMILES string of the molecule is O=C1CCC2(CCN(c3cc(C(F)(F)F)ccn3)CC2)CN1CCO. The number of aromatic nitrogens is 1. The van der Waals surface area contributed by atoms with Gasteiger partial charge in [0.15, 0.2) is 0 Å². The van der Waals surface area contributed by atoms with Gasteiger partial charge in [-0.25, -0.2) is 4.98 Å². The summed E-state index contributed by atoms with van der Waals surface area (Å²) in [6.07, 6.45) is -0.284. The zero-order valence-corrected chi connectivity index (χ0v) is 13.9. The topological polar surface area (TPSA) is 56.7 Å². The van der Waals surface area contributed by atoms with Gasteiger partial charge in [0, 0.05) is 38.8 Å². The van der Waals surface area contributed by atoms with Crippen LogP contribution >= 0.6 is 0 Å². The minimum absolute atomic E-state index is 0.00121. The molecule has 0 aliphatic carbocycles. The predicted octanol–water partition coefficient (Wildman–Crippen LogP) is 2.30. The molecule has 25 heavy (non-hydrogen) atoms. The van der Waals surface area contributed by atoms with E-state index in [4.69, 9.17) is 5.11 Å². The van der Waals surface area contributed by atoms with Crippen molar-refractivity contribution in [2.24, 2.45) is 5.41 Å². The Bertz CT molecular complexity index is 628. The quantitative estimate of drug-likeness (QED) is 0.902. The Hall–Kier alpha value is -1.83. The molecule has 1 aromatic rings. The molecule has 0 atom stereocenters. The maximum Gasteiger partial charge on any atom is 0.416 e. The van der Waals surface area contributed by atoms with Gasteiger partial charge in [-0.15, -0.1) is 0 Å². The molecule has 0 aromatic carbocycles. The summed E-state index contributed by atoms with van der Waals surface area (Å²) < 4.78 is 38.6. The van der Waals surface area contributed by atoms with E-state index in [1.165, 1.54) is 6.20 Å². The molecule has 1 amide bonds. The van der Waals surface area contributed by atoms with E-state index in [2.05, 4.69) is 4.98 Å². The molecule has 8 heteroatoms. The van der Waals surface area contributed by atoms with Gasteiger partial charge in [0.1, 0.15) is 5.82 Å². The van der Waals surface area contributed by atoms with E-state index >= 15 is 0 Å². The standard InChI is InChI=1S/C17H22F3N3O2/c18-17(19,20)13-2-6-21-14(11-13)22-7-4-16(5-8-22)3-1-15(25)23(12-16)9-10-24/h2,6,11,24H,1,3-5,7-10,12H2. The van der Waals surface area contributed by atoms with Crippen molar-refractivity contribution in [3.05, 3.63) is 23.9 Å². The molecule has 0 radical (unpaired) electrons. The molecule has 0 unspecified atom stereocenters. The highest BCUT2D eigenvalue weighted by molar-refractivity contribution is 5.77. The van der Waals surface area contributed by atoms with Crippen molar-refractivity contribution in [2.45, 2.75) is 31.9 Å². The molecule has 5 nitrogen and oxygen atoms in total. The number of carbonyl (C=O) groups excluding carboxylic acids is 1. The number of hydrogen-bond donors (Lipinski definition) is 1. The molecule has 138 valence electrons. The van der Waals surface area contributed by atoms with Gasteiger partial charge in [0.05, 0.1) is 12.2 Å². The maximum absolute atomic E-state index is 12.9. The van der Waals surface area contributed by atoms with Gasteiger partial charge in [-0.3, -0.25) is 4.79 Å². The van der Waals surface area contributed by atoms with Crippen LogP contribution in [0.3, 0.4) is 0 Å². The summed E-state index contributed by atoms with van der Waals surface area (Å²) in [7, 11) is 0. The summed E-state index contributed by atoms with van der Waals surface area (Å²) in [6.45, 7) is 2.16. The minimum atomic E-state index is -4.37. The Morgan fingerprint density at radius 2 is 1.96 bits per heavy atom. The Kier molecular flexibility index (Phi) is 4.90. The molecule has 2 aliphatic rings. The highest BCUT2D eigenvalue weighted by atomic mass is 19.4. The predicted molar refractivity (Wildman–Crippen MR) is 86.0 cm³/mol. The number of hydrogen-bond acceptors (Lipinski definition) is 4. The lowest BCUT2D eigenvalue weighted by molar-refractivity contribution is -0.139. The van der Waals surface area contributed by atoms with Crippen LogP contribution < -0.4 is 4.90 Å². The average molecular weight is 357 g/mol. The Morgan fingerprint density at radius 1 is 1.24 bits per heavy atom.